The Morgan fingerprint density at radius 3 is 2.65 bits per heavy atom. The number of esters is 1. The van der Waals surface area contributed by atoms with Crippen molar-refractivity contribution in [2.75, 3.05) is 51.3 Å². The highest BCUT2D eigenvalue weighted by Crippen LogP contribution is 2.34. The molecule has 0 saturated carbocycles. The number of carbonyl (C=O) groups excluding carboxylic acids is 4. The van der Waals surface area contributed by atoms with Crippen LogP contribution in [0.1, 0.15) is 19.8 Å². The van der Waals surface area contributed by atoms with E-state index >= 15 is 0 Å². The van der Waals surface area contributed by atoms with Crippen LogP contribution in [0.4, 0.5) is 5.69 Å². The summed E-state index contributed by atoms with van der Waals surface area (Å²) in [5.74, 6) is -0.733. The van der Waals surface area contributed by atoms with Gasteiger partial charge in [0.05, 0.1) is 24.8 Å². The molecule has 10 heteroatoms. The van der Waals surface area contributed by atoms with E-state index in [1.54, 1.807) is 37.1 Å². The standard InChI is InChI=1S/C21H26BrN3O6/c1-3-30-21(29)14-6-8-24(9-7-14)19(27)11-23(2)18(26)12-25-16-5-4-15(22)10-17(16)31-13-20(25)28/h4-5,10,14H,3,6-9,11-13H2,1-2H3. The SMILES string of the molecule is CCOC(=O)C1CCN(C(=O)CN(C)C(=O)CN2C(=O)COc3cc(Br)ccc32)CC1. The van der Waals surface area contributed by atoms with Crippen molar-refractivity contribution in [3.05, 3.63) is 22.7 Å². The van der Waals surface area contributed by atoms with Gasteiger partial charge in [-0.3, -0.25) is 24.1 Å². The molecule has 0 aromatic heterocycles. The van der Waals surface area contributed by atoms with E-state index in [0.29, 0.717) is 44.0 Å². The summed E-state index contributed by atoms with van der Waals surface area (Å²) in [6.07, 6.45) is 1.10. The van der Waals surface area contributed by atoms with Gasteiger partial charge in [0.15, 0.2) is 6.61 Å². The smallest absolute Gasteiger partial charge is 0.309 e. The number of ether oxygens (including phenoxy) is 2. The first-order valence-electron chi connectivity index (χ1n) is 10.2. The lowest BCUT2D eigenvalue weighted by Crippen LogP contribution is -2.49. The number of likely N-dealkylation sites (tertiary alicyclic amines) is 1. The quantitative estimate of drug-likeness (QED) is 0.554. The van der Waals surface area contributed by atoms with Crippen LogP contribution in [0.5, 0.6) is 5.75 Å². The fourth-order valence-electron chi connectivity index (χ4n) is 3.62. The molecule has 0 radical (unpaired) electrons. The van der Waals surface area contributed by atoms with Crippen LogP contribution in [-0.4, -0.2) is 79.9 Å². The Morgan fingerprint density at radius 1 is 1.26 bits per heavy atom. The van der Waals surface area contributed by atoms with Crippen LogP contribution < -0.4 is 9.64 Å². The fraction of sp³-hybridized carbons (Fsp3) is 0.524. The lowest BCUT2D eigenvalue weighted by atomic mass is 9.97. The molecule has 9 nitrogen and oxygen atoms in total. The number of halogens is 1. The first kappa shape index (κ1) is 23.1. The number of likely N-dealkylation sites (N-methyl/N-ethyl adjacent to an activating group) is 1. The van der Waals surface area contributed by atoms with E-state index in [9.17, 15) is 19.2 Å². The van der Waals surface area contributed by atoms with Gasteiger partial charge < -0.3 is 19.3 Å². The molecule has 3 rings (SSSR count). The minimum absolute atomic E-state index is 0.0887. The van der Waals surface area contributed by atoms with Crippen LogP contribution in [-0.2, 0) is 23.9 Å². The predicted octanol–water partition coefficient (Wildman–Crippen LogP) is 1.43. The van der Waals surface area contributed by atoms with Crippen molar-refractivity contribution in [2.45, 2.75) is 19.8 Å². The van der Waals surface area contributed by atoms with Crippen molar-refractivity contribution in [3.63, 3.8) is 0 Å². The van der Waals surface area contributed by atoms with E-state index in [-0.39, 0.29) is 49.3 Å². The second kappa shape index (κ2) is 10.1. The summed E-state index contributed by atoms with van der Waals surface area (Å²) >= 11 is 3.36. The van der Waals surface area contributed by atoms with E-state index in [1.165, 1.54) is 9.80 Å². The average molecular weight is 496 g/mol. The minimum Gasteiger partial charge on any atom is -0.482 e. The Hall–Kier alpha value is -2.62. The number of hydrogen-bond donors (Lipinski definition) is 0. The molecule has 3 amide bonds. The first-order chi connectivity index (χ1) is 14.8. The lowest BCUT2D eigenvalue weighted by Gasteiger charge is -2.33. The Labute approximate surface area is 189 Å². The van der Waals surface area contributed by atoms with Gasteiger partial charge in [-0.1, -0.05) is 15.9 Å². The summed E-state index contributed by atoms with van der Waals surface area (Å²) in [4.78, 5) is 53.8. The summed E-state index contributed by atoms with van der Waals surface area (Å²) in [6, 6.07) is 5.22. The van der Waals surface area contributed by atoms with Crippen LogP contribution in [0.25, 0.3) is 0 Å². The zero-order chi connectivity index (χ0) is 22.5. The number of piperidine rings is 1. The van der Waals surface area contributed by atoms with Crippen molar-refractivity contribution in [3.8, 4) is 5.75 Å². The topological polar surface area (TPSA) is 96.5 Å². The zero-order valence-corrected chi connectivity index (χ0v) is 19.2. The van der Waals surface area contributed by atoms with Gasteiger partial charge in [0.1, 0.15) is 12.3 Å². The molecular formula is C21H26BrN3O6. The number of nitrogens with zero attached hydrogens (tertiary/aromatic N) is 3. The summed E-state index contributed by atoms with van der Waals surface area (Å²) in [6.45, 7) is 2.61. The number of carbonyl (C=O) groups is 4. The lowest BCUT2D eigenvalue weighted by molar-refractivity contribution is -0.151. The molecule has 2 aliphatic rings. The largest absolute Gasteiger partial charge is 0.482 e. The second-order valence-electron chi connectivity index (χ2n) is 7.54. The normalized spacial score (nSPS) is 16.4. The van der Waals surface area contributed by atoms with Gasteiger partial charge in [-0.2, -0.15) is 0 Å². The fourth-order valence-corrected chi connectivity index (χ4v) is 3.96. The third-order valence-corrected chi connectivity index (χ3v) is 5.92. The van der Waals surface area contributed by atoms with Gasteiger partial charge in [-0.25, -0.2) is 0 Å². The van der Waals surface area contributed by atoms with E-state index in [2.05, 4.69) is 15.9 Å². The zero-order valence-electron chi connectivity index (χ0n) is 17.6. The number of hydrogen-bond acceptors (Lipinski definition) is 6. The predicted molar refractivity (Wildman–Crippen MR) is 116 cm³/mol. The number of amides is 3. The van der Waals surface area contributed by atoms with Gasteiger partial charge in [0.25, 0.3) is 5.91 Å². The van der Waals surface area contributed by atoms with E-state index in [4.69, 9.17) is 9.47 Å². The van der Waals surface area contributed by atoms with Crippen molar-refractivity contribution in [2.24, 2.45) is 5.92 Å². The van der Waals surface area contributed by atoms with Crippen LogP contribution in [0.2, 0.25) is 0 Å². The molecule has 2 aliphatic heterocycles. The Kier molecular flexibility index (Phi) is 7.53. The minimum atomic E-state index is -0.348. The van der Waals surface area contributed by atoms with Crippen LogP contribution in [0, 0.1) is 5.92 Å². The second-order valence-corrected chi connectivity index (χ2v) is 8.45. The van der Waals surface area contributed by atoms with Gasteiger partial charge in [0.2, 0.25) is 11.8 Å². The van der Waals surface area contributed by atoms with Gasteiger partial charge in [-0.05, 0) is 38.0 Å². The van der Waals surface area contributed by atoms with Crippen molar-refractivity contribution < 1.29 is 28.7 Å². The molecule has 0 spiro atoms. The maximum absolute atomic E-state index is 12.7. The number of benzene rings is 1. The van der Waals surface area contributed by atoms with Crippen molar-refractivity contribution in [1.82, 2.24) is 9.80 Å². The van der Waals surface area contributed by atoms with Crippen molar-refractivity contribution in [1.29, 1.82) is 0 Å². The molecule has 168 valence electrons. The van der Waals surface area contributed by atoms with E-state index in [0.717, 1.165) is 4.47 Å². The third kappa shape index (κ3) is 5.55. The van der Waals surface area contributed by atoms with Crippen LogP contribution >= 0.6 is 15.9 Å². The Morgan fingerprint density at radius 2 is 1.97 bits per heavy atom. The van der Waals surface area contributed by atoms with Crippen molar-refractivity contribution >= 4 is 45.3 Å². The van der Waals surface area contributed by atoms with E-state index < -0.39 is 0 Å². The highest BCUT2D eigenvalue weighted by Gasteiger charge is 2.31. The molecule has 1 saturated heterocycles. The molecule has 31 heavy (non-hydrogen) atoms. The molecule has 1 aromatic rings. The van der Waals surface area contributed by atoms with Gasteiger partial charge in [0, 0.05) is 24.6 Å². The Bertz CT molecular complexity index is 869. The molecular weight excluding hydrogens is 470 g/mol. The van der Waals surface area contributed by atoms with Crippen LogP contribution in [0.3, 0.4) is 0 Å². The molecule has 0 N–H and O–H groups in total. The first-order valence-corrected chi connectivity index (χ1v) is 11.0. The monoisotopic (exact) mass is 495 g/mol. The highest BCUT2D eigenvalue weighted by atomic mass is 79.9. The highest BCUT2D eigenvalue weighted by molar-refractivity contribution is 9.10. The molecule has 2 heterocycles. The summed E-state index contributed by atoms with van der Waals surface area (Å²) in [5, 5.41) is 0. The Balaban J connectivity index is 1.54. The van der Waals surface area contributed by atoms with E-state index in [1.807, 2.05) is 0 Å². The number of rotatable bonds is 6. The third-order valence-electron chi connectivity index (χ3n) is 5.42. The molecule has 0 bridgehead atoms. The number of fused-ring (bicyclic) bond motifs is 1. The molecule has 0 aliphatic carbocycles. The van der Waals surface area contributed by atoms with Crippen LogP contribution in [0.15, 0.2) is 22.7 Å². The number of anilines is 1. The van der Waals surface area contributed by atoms with Gasteiger partial charge in [-0.15, -0.1) is 0 Å². The molecule has 0 unspecified atom stereocenters. The average Bonchev–Trinajstić information content (AvgIpc) is 2.75. The maximum atomic E-state index is 12.7. The summed E-state index contributed by atoms with van der Waals surface area (Å²) in [5.41, 5.74) is 0.522. The summed E-state index contributed by atoms with van der Waals surface area (Å²) in [7, 11) is 1.54. The summed E-state index contributed by atoms with van der Waals surface area (Å²) < 4.78 is 11.3. The molecule has 1 fully saturated rings. The maximum Gasteiger partial charge on any atom is 0.309 e. The molecule has 0 atom stereocenters. The van der Waals surface area contributed by atoms with Gasteiger partial charge >= 0.3 is 5.97 Å². The molecule has 1 aromatic carbocycles.